The van der Waals surface area contributed by atoms with Crippen molar-refractivity contribution in [1.82, 2.24) is 4.57 Å². The first kappa shape index (κ1) is 13.0. The molecular weight excluding hydrogens is 316 g/mol. The van der Waals surface area contributed by atoms with E-state index in [9.17, 15) is 9.59 Å². The first-order valence-electron chi connectivity index (χ1n) is 5.22. The zero-order valence-corrected chi connectivity index (χ0v) is 12.3. The Balaban J connectivity index is 2.24. The summed E-state index contributed by atoms with van der Waals surface area (Å²) in [5.74, 6) is -0.252. The van der Waals surface area contributed by atoms with Crippen molar-refractivity contribution in [3.63, 3.8) is 0 Å². The van der Waals surface area contributed by atoms with Gasteiger partial charge in [-0.05, 0) is 31.2 Å². The Labute approximate surface area is 116 Å². The Bertz CT molecular complexity index is 643. The molecule has 0 bridgehead atoms. The molecule has 0 saturated heterocycles. The van der Waals surface area contributed by atoms with Crippen LogP contribution in [-0.4, -0.2) is 10.5 Å². The van der Waals surface area contributed by atoms with Gasteiger partial charge in [-0.25, -0.2) is 0 Å². The zero-order chi connectivity index (χ0) is 13.3. The van der Waals surface area contributed by atoms with E-state index in [0.717, 1.165) is 15.8 Å². The average Bonchev–Trinajstić information content (AvgIpc) is 2.60. The molecule has 0 aliphatic rings. The van der Waals surface area contributed by atoms with Gasteiger partial charge in [0.1, 0.15) is 4.88 Å². The van der Waals surface area contributed by atoms with Gasteiger partial charge in [0.25, 0.3) is 5.91 Å². The molecular formula is C12H11BrN2O2S. The molecule has 6 heteroatoms. The number of carbonyl (C=O) groups excluding carboxylic acids is 1. The molecule has 0 spiro atoms. The third kappa shape index (κ3) is 2.54. The normalized spacial score (nSPS) is 10.4. The number of nitrogens with one attached hydrogen (secondary N) is 1. The molecule has 0 radical (unpaired) electrons. The number of benzene rings is 1. The molecule has 18 heavy (non-hydrogen) atoms. The molecule has 94 valence electrons. The quantitative estimate of drug-likeness (QED) is 0.922. The lowest BCUT2D eigenvalue weighted by atomic mass is 10.3. The van der Waals surface area contributed by atoms with Crippen LogP contribution in [0.1, 0.15) is 15.4 Å². The molecule has 2 rings (SSSR count). The predicted molar refractivity (Wildman–Crippen MR) is 76.4 cm³/mol. The van der Waals surface area contributed by atoms with Crippen LogP contribution >= 0.6 is 27.3 Å². The van der Waals surface area contributed by atoms with Crippen molar-refractivity contribution < 1.29 is 4.79 Å². The van der Waals surface area contributed by atoms with Gasteiger partial charge < -0.3 is 9.88 Å². The molecule has 1 heterocycles. The Morgan fingerprint density at radius 2 is 1.94 bits per heavy atom. The zero-order valence-electron chi connectivity index (χ0n) is 9.86. The van der Waals surface area contributed by atoms with E-state index in [4.69, 9.17) is 0 Å². The highest BCUT2D eigenvalue weighted by molar-refractivity contribution is 9.10. The van der Waals surface area contributed by atoms with Crippen LogP contribution in [0.4, 0.5) is 5.69 Å². The van der Waals surface area contributed by atoms with Gasteiger partial charge in [-0.15, -0.1) is 0 Å². The van der Waals surface area contributed by atoms with E-state index in [1.165, 1.54) is 4.57 Å². The van der Waals surface area contributed by atoms with Crippen LogP contribution in [0.25, 0.3) is 0 Å². The van der Waals surface area contributed by atoms with Crippen LogP contribution in [0, 0.1) is 6.92 Å². The molecule has 1 amide bonds. The molecule has 0 atom stereocenters. The van der Waals surface area contributed by atoms with Crippen LogP contribution in [0.3, 0.4) is 0 Å². The first-order valence-corrected chi connectivity index (χ1v) is 6.83. The summed E-state index contributed by atoms with van der Waals surface area (Å²) in [4.78, 5) is 23.8. The first-order chi connectivity index (χ1) is 8.49. The highest BCUT2D eigenvalue weighted by Crippen LogP contribution is 2.17. The summed E-state index contributed by atoms with van der Waals surface area (Å²) in [6.07, 6.45) is 0. The van der Waals surface area contributed by atoms with Gasteiger partial charge in [-0.3, -0.25) is 9.59 Å². The highest BCUT2D eigenvalue weighted by atomic mass is 79.9. The summed E-state index contributed by atoms with van der Waals surface area (Å²) in [6.45, 7) is 1.76. The maximum absolute atomic E-state index is 12.0. The molecule has 1 N–H and O–H groups in total. The minimum Gasteiger partial charge on any atom is -0.321 e. The second kappa shape index (κ2) is 5.07. The van der Waals surface area contributed by atoms with Crippen molar-refractivity contribution in [3.05, 3.63) is 49.0 Å². The predicted octanol–water partition coefficient (Wildman–Crippen LogP) is 2.77. The monoisotopic (exact) mass is 326 g/mol. The number of nitrogens with zero attached hydrogens (tertiary/aromatic N) is 1. The largest absolute Gasteiger partial charge is 0.321 e. The van der Waals surface area contributed by atoms with Crippen molar-refractivity contribution in [2.24, 2.45) is 7.05 Å². The van der Waals surface area contributed by atoms with Gasteiger partial charge in [0.15, 0.2) is 0 Å². The summed E-state index contributed by atoms with van der Waals surface area (Å²) >= 11 is 4.28. The van der Waals surface area contributed by atoms with Gasteiger partial charge in [0, 0.05) is 22.9 Å². The SMILES string of the molecule is Cc1c(C(=O)Nc2ccc(Br)cc2)sc(=O)n1C. The van der Waals surface area contributed by atoms with Crippen LogP contribution in [0.5, 0.6) is 0 Å². The van der Waals surface area contributed by atoms with Gasteiger partial charge in [-0.1, -0.05) is 27.3 Å². The number of hydrogen-bond acceptors (Lipinski definition) is 3. The number of anilines is 1. The van der Waals surface area contributed by atoms with E-state index in [-0.39, 0.29) is 10.8 Å². The van der Waals surface area contributed by atoms with Crippen molar-refractivity contribution in [2.45, 2.75) is 6.92 Å². The maximum atomic E-state index is 12.0. The second-order valence-corrected chi connectivity index (χ2v) is 5.68. The minimum atomic E-state index is -0.252. The number of hydrogen-bond donors (Lipinski definition) is 1. The molecule has 4 nitrogen and oxygen atoms in total. The molecule has 1 aromatic carbocycles. The molecule has 0 aliphatic carbocycles. The molecule has 2 aromatic rings. The number of halogens is 1. The number of rotatable bonds is 2. The third-order valence-electron chi connectivity index (χ3n) is 2.60. The van der Waals surface area contributed by atoms with Crippen LogP contribution in [-0.2, 0) is 7.05 Å². The number of amides is 1. The maximum Gasteiger partial charge on any atom is 0.307 e. The van der Waals surface area contributed by atoms with Gasteiger partial charge in [0.2, 0.25) is 0 Å². The van der Waals surface area contributed by atoms with Crippen molar-refractivity contribution in [3.8, 4) is 0 Å². The van der Waals surface area contributed by atoms with E-state index in [2.05, 4.69) is 21.2 Å². The highest BCUT2D eigenvalue weighted by Gasteiger charge is 2.15. The molecule has 0 unspecified atom stereocenters. The van der Waals surface area contributed by atoms with E-state index >= 15 is 0 Å². The van der Waals surface area contributed by atoms with Crippen molar-refractivity contribution in [2.75, 3.05) is 5.32 Å². The molecule has 0 saturated carbocycles. The van der Waals surface area contributed by atoms with Crippen molar-refractivity contribution in [1.29, 1.82) is 0 Å². The smallest absolute Gasteiger partial charge is 0.307 e. The summed E-state index contributed by atoms with van der Waals surface area (Å²) < 4.78 is 2.42. The molecule has 1 aromatic heterocycles. The van der Waals surface area contributed by atoms with E-state index in [1.807, 2.05) is 12.1 Å². The molecule has 0 aliphatic heterocycles. The summed E-state index contributed by atoms with van der Waals surface area (Å²) in [5, 5.41) is 2.77. The Morgan fingerprint density at radius 1 is 1.33 bits per heavy atom. The van der Waals surface area contributed by atoms with Crippen molar-refractivity contribution >= 4 is 38.9 Å². The fourth-order valence-corrected chi connectivity index (χ4v) is 2.59. The fraction of sp³-hybridized carbons (Fsp3) is 0.167. The van der Waals surface area contributed by atoms with Gasteiger partial charge in [-0.2, -0.15) is 0 Å². The number of aromatic nitrogens is 1. The van der Waals surface area contributed by atoms with Gasteiger partial charge >= 0.3 is 4.87 Å². The lowest BCUT2D eigenvalue weighted by Gasteiger charge is -2.04. The van der Waals surface area contributed by atoms with E-state index < -0.39 is 0 Å². The number of carbonyl (C=O) groups is 1. The second-order valence-electron chi connectivity index (χ2n) is 3.80. The van der Waals surface area contributed by atoms with Crippen LogP contribution < -0.4 is 10.2 Å². The Kier molecular flexibility index (Phi) is 3.68. The standard InChI is InChI=1S/C12H11BrN2O2S/c1-7-10(18-12(17)15(7)2)11(16)14-9-5-3-8(13)4-6-9/h3-6H,1-2H3,(H,14,16). The summed E-state index contributed by atoms with van der Waals surface area (Å²) in [7, 11) is 1.66. The third-order valence-corrected chi connectivity index (χ3v) is 4.27. The van der Waals surface area contributed by atoms with Gasteiger partial charge in [0.05, 0.1) is 0 Å². The van der Waals surface area contributed by atoms with E-state index in [0.29, 0.717) is 16.3 Å². The summed E-state index contributed by atoms with van der Waals surface area (Å²) in [5.41, 5.74) is 1.38. The lowest BCUT2D eigenvalue weighted by molar-refractivity contribution is 0.102. The average molecular weight is 327 g/mol. The Hall–Kier alpha value is -1.40. The summed E-state index contributed by atoms with van der Waals surface area (Å²) in [6, 6.07) is 7.28. The topological polar surface area (TPSA) is 51.1 Å². The van der Waals surface area contributed by atoms with Crippen LogP contribution in [0.15, 0.2) is 33.5 Å². The lowest BCUT2D eigenvalue weighted by Crippen LogP contribution is -2.12. The Morgan fingerprint density at radius 3 is 2.44 bits per heavy atom. The van der Waals surface area contributed by atoms with Crippen LogP contribution in [0.2, 0.25) is 0 Å². The van der Waals surface area contributed by atoms with E-state index in [1.54, 1.807) is 26.1 Å². The minimum absolute atomic E-state index is 0.131. The molecule has 0 fully saturated rings. The fourth-order valence-electron chi connectivity index (χ4n) is 1.45. The number of thiazole rings is 1.